The number of thioether (sulfide) groups is 1. The van der Waals surface area contributed by atoms with Crippen LogP contribution in [0.1, 0.15) is 27.6 Å². The van der Waals surface area contributed by atoms with E-state index < -0.39 is 23.8 Å². The largest absolute Gasteiger partial charge is 0.573 e. The summed E-state index contributed by atoms with van der Waals surface area (Å²) in [4.78, 5) is 21.7. The van der Waals surface area contributed by atoms with Crippen molar-refractivity contribution in [1.82, 2.24) is 25.0 Å². The minimum Gasteiger partial charge on any atom is -0.406 e. The monoisotopic (exact) mass is 518 g/mol. The highest BCUT2D eigenvalue weighted by Gasteiger charge is 2.31. The average molecular weight is 518 g/mol. The fourth-order valence-corrected chi connectivity index (χ4v) is 4.16. The van der Waals surface area contributed by atoms with Gasteiger partial charge in [0, 0.05) is 22.8 Å². The van der Waals surface area contributed by atoms with Gasteiger partial charge in [-0.3, -0.25) is 4.79 Å². The van der Waals surface area contributed by atoms with Crippen molar-refractivity contribution in [1.29, 1.82) is 0 Å². The minimum atomic E-state index is -4.83. The summed E-state index contributed by atoms with van der Waals surface area (Å²) in [6.45, 7) is 3.66. The van der Waals surface area contributed by atoms with Gasteiger partial charge in [0.15, 0.2) is 10.9 Å². The maximum absolute atomic E-state index is 13.2. The van der Waals surface area contributed by atoms with Gasteiger partial charge in [-0.25, -0.2) is 19.0 Å². The van der Waals surface area contributed by atoms with E-state index >= 15 is 0 Å². The number of hydrogen-bond acceptors (Lipinski definition) is 7. The number of amides is 1. The van der Waals surface area contributed by atoms with Gasteiger partial charge in [-0.15, -0.1) is 18.3 Å². The fraction of sp³-hybridized carbons (Fsp3) is 0.174. The standard InChI is InChI=1S/C23H18F4N6O2S/c1-13-11-14(2)29-22(28-13)36-12-19-20(21(34)30-16-5-3-15(24)4-6-16)31-32-33(19)17-7-9-18(10-8-17)35-23(25,26)27/h3-11H,12H2,1-2H3,(H,30,34). The normalized spacial score (nSPS) is 11.4. The average Bonchev–Trinajstić information content (AvgIpc) is 3.22. The van der Waals surface area contributed by atoms with Gasteiger partial charge in [0.05, 0.1) is 11.4 Å². The predicted octanol–water partition coefficient (Wildman–Crippen LogP) is 5.26. The molecule has 2 heterocycles. The molecule has 186 valence electrons. The summed E-state index contributed by atoms with van der Waals surface area (Å²) in [5.74, 6) is -1.28. The Morgan fingerprint density at radius 2 is 1.67 bits per heavy atom. The van der Waals surface area contributed by atoms with Gasteiger partial charge in [-0.2, -0.15) is 0 Å². The van der Waals surface area contributed by atoms with Crippen molar-refractivity contribution in [2.75, 3.05) is 5.32 Å². The summed E-state index contributed by atoms with van der Waals surface area (Å²) in [5.41, 5.74) is 2.58. The van der Waals surface area contributed by atoms with E-state index in [2.05, 4.69) is 30.3 Å². The van der Waals surface area contributed by atoms with Crippen LogP contribution < -0.4 is 10.1 Å². The Bertz CT molecular complexity index is 1350. The van der Waals surface area contributed by atoms with Crippen molar-refractivity contribution in [3.8, 4) is 11.4 Å². The molecule has 0 bridgehead atoms. The number of carbonyl (C=O) groups excluding carboxylic acids is 1. The third kappa shape index (κ3) is 6.36. The molecule has 0 aliphatic heterocycles. The van der Waals surface area contributed by atoms with Gasteiger partial charge in [-0.05, 0) is 68.4 Å². The molecule has 2 aromatic heterocycles. The minimum absolute atomic E-state index is 0.0215. The van der Waals surface area contributed by atoms with Crippen LogP contribution in [0.5, 0.6) is 5.75 Å². The lowest BCUT2D eigenvalue weighted by Crippen LogP contribution is -2.17. The van der Waals surface area contributed by atoms with Crippen LogP contribution in [0.3, 0.4) is 0 Å². The maximum atomic E-state index is 13.2. The highest BCUT2D eigenvalue weighted by atomic mass is 32.2. The number of alkyl halides is 3. The Morgan fingerprint density at radius 3 is 2.28 bits per heavy atom. The molecule has 0 aliphatic rings. The van der Waals surface area contributed by atoms with E-state index in [9.17, 15) is 22.4 Å². The van der Waals surface area contributed by atoms with Crippen molar-refractivity contribution in [2.45, 2.75) is 31.1 Å². The number of rotatable bonds is 7. The summed E-state index contributed by atoms with van der Waals surface area (Å²) in [6.07, 6.45) is -4.83. The number of benzene rings is 2. The molecule has 4 rings (SSSR count). The first kappa shape index (κ1) is 25.1. The molecule has 1 amide bonds. The first-order chi connectivity index (χ1) is 17.1. The SMILES string of the molecule is Cc1cc(C)nc(SCc2c(C(=O)Nc3ccc(F)cc3)nnn2-c2ccc(OC(F)(F)F)cc2)n1. The molecule has 1 N–H and O–H groups in total. The molecule has 0 radical (unpaired) electrons. The summed E-state index contributed by atoms with van der Waals surface area (Å²) in [7, 11) is 0. The second-order valence-corrected chi connectivity index (χ2v) is 8.46. The van der Waals surface area contributed by atoms with Gasteiger partial charge in [-0.1, -0.05) is 17.0 Å². The first-order valence-electron chi connectivity index (χ1n) is 10.4. The van der Waals surface area contributed by atoms with Gasteiger partial charge in [0.2, 0.25) is 0 Å². The van der Waals surface area contributed by atoms with Crippen molar-refractivity contribution in [2.24, 2.45) is 0 Å². The topological polar surface area (TPSA) is 94.8 Å². The number of anilines is 1. The lowest BCUT2D eigenvalue weighted by Gasteiger charge is -2.11. The van der Waals surface area contributed by atoms with E-state index in [1.165, 1.54) is 52.8 Å². The van der Waals surface area contributed by atoms with Gasteiger partial charge < -0.3 is 10.1 Å². The Kier molecular flexibility index (Phi) is 7.20. The van der Waals surface area contributed by atoms with Crippen LogP contribution in [-0.2, 0) is 5.75 Å². The summed E-state index contributed by atoms with van der Waals surface area (Å²) in [6, 6.07) is 12.0. The molecule has 2 aromatic carbocycles. The van der Waals surface area contributed by atoms with Gasteiger partial charge in [0.1, 0.15) is 11.6 Å². The highest BCUT2D eigenvalue weighted by Crippen LogP contribution is 2.27. The molecule has 0 saturated carbocycles. The van der Waals surface area contributed by atoms with E-state index in [0.29, 0.717) is 22.2 Å². The third-order valence-electron chi connectivity index (χ3n) is 4.69. The van der Waals surface area contributed by atoms with Crippen molar-refractivity contribution in [3.63, 3.8) is 0 Å². The first-order valence-corrected chi connectivity index (χ1v) is 11.4. The molecular weight excluding hydrogens is 500 g/mol. The third-order valence-corrected chi connectivity index (χ3v) is 5.55. The molecule has 13 heteroatoms. The van der Waals surface area contributed by atoms with E-state index in [-0.39, 0.29) is 11.4 Å². The number of nitrogens with one attached hydrogen (secondary N) is 1. The zero-order valence-corrected chi connectivity index (χ0v) is 19.7. The van der Waals surface area contributed by atoms with Crippen LogP contribution in [-0.4, -0.2) is 37.2 Å². The number of carbonyl (C=O) groups is 1. The zero-order chi connectivity index (χ0) is 25.9. The second-order valence-electron chi connectivity index (χ2n) is 7.52. The molecule has 0 saturated heterocycles. The molecule has 0 unspecified atom stereocenters. The van der Waals surface area contributed by atoms with Crippen LogP contribution in [0.15, 0.2) is 59.8 Å². The van der Waals surface area contributed by atoms with Crippen molar-refractivity contribution in [3.05, 3.63) is 83.2 Å². The van der Waals surface area contributed by atoms with E-state index in [4.69, 9.17) is 0 Å². The Hall–Kier alpha value is -4.00. The number of halogens is 4. The lowest BCUT2D eigenvalue weighted by molar-refractivity contribution is -0.274. The molecule has 0 fully saturated rings. The van der Waals surface area contributed by atoms with Crippen LogP contribution in [0.4, 0.5) is 23.2 Å². The summed E-state index contributed by atoms with van der Waals surface area (Å²) >= 11 is 1.24. The number of aromatic nitrogens is 5. The van der Waals surface area contributed by atoms with Crippen LogP contribution >= 0.6 is 11.8 Å². The van der Waals surface area contributed by atoms with Crippen molar-refractivity contribution < 1.29 is 27.1 Å². The Labute approximate surface area is 206 Å². The Morgan fingerprint density at radius 1 is 1.03 bits per heavy atom. The molecular formula is C23H18F4N6O2S. The predicted molar refractivity (Wildman–Crippen MR) is 123 cm³/mol. The molecule has 36 heavy (non-hydrogen) atoms. The molecule has 4 aromatic rings. The van der Waals surface area contributed by atoms with Crippen LogP contribution in [0.2, 0.25) is 0 Å². The smallest absolute Gasteiger partial charge is 0.406 e. The highest BCUT2D eigenvalue weighted by molar-refractivity contribution is 7.98. The van der Waals surface area contributed by atoms with Gasteiger partial charge in [0.25, 0.3) is 5.91 Å². The summed E-state index contributed by atoms with van der Waals surface area (Å²) in [5, 5.41) is 11.1. The van der Waals surface area contributed by atoms with Crippen LogP contribution in [0, 0.1) is 19.7 Å². The molecule has 0 aliphatic carbocycles. The van der Waals surface area contributed by atoms with Crippen molar-refractivity contribution >= 4 is 23.4 Å². The quantitative estimate of drug-likeness (QED) is 0.203. The fourth-order valence-electron chi connectivity index (χ4n) is 3.22. The van der Waals surface area contributed by atoms with Crippen LogP contribution in [0.25, 0.3) is 5.69 Å². The number of hydrogen-bond donors (Lipinski definition) is 1. The zero-order valence-electron chi connectivity index (χ0n) is 18.9. The number of nitrogens with zero attached hydrogens (tertiary/aromatic N) is 5. The van der Waals surface area contributed by atoms with Gasteiger partial charge >= 0.3 is 6.36 Å². The second kappa shape index (κ2) is 10.3. The molecule has 8 nitrogen and oxygen atoms in total. The number of aryl methyl sites for hydroxylation is 2. The van der Waals surface area contributed by atoms with E-state index in [0.717, 1.165) is 23.5 Å². The summed E-state index contributed by atoms with van der Waals surface area (Å²) < 4.78 is 56.0. The lowest BCUT2D eigenvalue weighted by atomic mass is 10.2. The van der Waals surface area contributed by atoms with E-state index in [1.807, 2.05) is 19.9 Å². The molecule has 0 atom stereocenters. The molecule has 0 spiro atoms. The number of ether oxygens (including phenoxy) is 1. The Balaban J connectivity index is 1.65. The van der Waals surface area contributed by atoms with E-state index in [1.54, 1.807) is 0 Å². The maximum Gasteiger partial charge on any atom is 0.573 e.